The average molecular weight is 326 g/mol. The van der Waals surface area contributed by atoms with Gasteiger partial charge >= 0.3 is 5.97 Å². The number of rotatable bonds is 9. The molecule has 0 fully saturated rings. The zero-order chi connectivity index (χ0) is 17.7. The molecule has 4 N–H and O–H groups in total. The first-order valence-electron chi connectivity index (χ1n) is 8.23. The third-order valence-electron chi connectivity index (χ3n) is 3.79. The minimum Gasteiger partial charge on any atom is -0.478 e. The van der Waals surface area contributed by atoms with Crippen LogP contribution in [0.4, 0.5) is 0 Å². The van der Waals surface area contributed by atoms with Crippen LogP contribution in [-0.4, -0.2) is 45.2 Å². The largest absolute Gasteiger partial charge is 0.478 e. The van der Waals surface area contributed by atoms with Gasteiger partial charge in [0.05, 0.1) is 18.3 Å². The van der Waals surface area contributed by atoms with Crippen LogP contribution in [0.3, 0.4) is 0 Å². The quantitative estimate of drug-likeness (QED) is 0.523. The van der Waals surface area contributed by atoms with E-state index in [0.29, 0.717) is 5.56 Å². The highest BCUT2D eigenvalue weighted by Gasteiger charge is 2.23. The van der Waals surface area contributed by atoms with E-state index in [9.17, 15) is 15.0 Å². The van der Waals surface area contributed by atoms with Gasteiger partial charge in [-0.1, -0.05) is 57.7 Å². The van der Waals surface area contributed by atoms with Gasteiger partial charge in [0.1, 0.15) is 6.10 Å². The van der Waals surface area contributed by atoms with E-state index in [1.165, 1.54) is 6.42 Å². The summed E-state index contributed by atoms with van der Waals surface area (Å²) in [7, 11) is 0. The molecule has 3 unspecified atom stereocenters. The second-order valence-corrected chi connectivity index (χ2v) is 5.58. The van der Waals surface area contributed by atoms with Crippen LogP contribution in [0.25, 0.3) is 0 Å². The molecule has 0 heterocycles. The maximum Gasteiger partial charge on any atom is 0.335 e. The van der Waals surface area contributed by atoms with Crippen molar-refractivity contribution in [3.05, 3.63) is 35.9 Å². The van der Waals surface area contributed by atoms with Crippen LogP contribution < -0.4 is 0 Å². The number of aliphatic hydroxyl groups is 3. The first-order chi connectivity index (χ1) is 11.0. The van der Waals surface area contributed by atoms with Crippen molar-refractivity contribution in [3.63, 3.8) is 0 Å². The second kappa shape index (κ2) is 13.0. The van der Waals surface area contributed by atoms with Crippen molar-refractivity contribution in [2.24, 2.45) is 5.92 Å². The Morgan fingerprint density at radius 1 is 1.09 bits per heavy atom. The van der Waals surface area contributed by atoms with Crippen molar-refractivity contribution in [1.82, 2.24) is 0 Å². The topological polar surface area (TPSA) is 98.0 Å². The monoisotopic (exact) mass is 326 g/mol. The number of carboxylic acids is 1. The molecule has 23 heavy (non-hydrogen) atoms. The van der Waals surface area contributed by atoms with Crippen LogP contribution in [0.15, 0.2) is 30.3 Å². The number of hydrogen-bond acceptors (Lipinski definition) is 4. The zero-order valence-electron chi connectivity index (χ0n) is 14.1. The van der Waals surface area contributed by atoms with Gasteiger partial charge in [-0.3, -0.25) is 0 Å². The van der Waals surface area contributed by atoms with Crippen LogP contribution in [0.1, 0.15) is 56.3 Å². The van der Waals surface area contributed by atoms with Crippen LogP contribution >= 0.6 is 0 Å². The Labute approximate surface area is 138 Å². The summed E-state index contributed by atoms with van der Waals surface area (Å²) in [5.74, 6) is -0.765. The van der Waals surface area contributed by atoms with E-state index >= 15 is 0 Å². The molecule has 5 heteroatoms. The summed E-state index contributed by atoms with van der Waals surface area (Å²) in [6.07, 6.45) is 3.44. The lowest BCUT2D eigenvalue weighted by Crippen LogP contribution is -2.35. The average Bonchev–Trinajstić information content (AvgIpc) is 2.59. The molecular weight excluding hydrogens is 296 g/mol. The minimum absolute atomic E-state index is 0.115. The fourth-order valence-electron chi connectivity index (χ4n) is 2.28. The van der Waals surface area contributed by atoms with Crippen LogP contribution in [0.2, 0.25) is 0 Å². The number of unbranched alkanes of at least 4 members (excludes halogenated alkanes) is 2. The van der Waals surface area contributed by atoms with Gasteiger partial charge in [0.2, 0.25) is 0 Å². The summed E-state index contributed by atoms with van der Waals surface area (Å²) in [6, 6.07) is 8.30. The van der Waals surface area contributed by atoms with Gasteiger partial charge in [-0.25, -0.2) is 4.79 Å². The Morgan fingerprint density at radius 2 is 1.70 bits per heavy atom. The Balaban J connectivity index is 0.000000459. The first-order valence-corrected chi connectivity index (χ1v) is 8.23. The Bertz CT molecular complexity index is 407. The molecule has 0 aliphatic carbocycles. The van der Waals surface area contributed by atoms with Crippen molar-refractivity contribution in [2.45, 2.75) is 58.2 Å². The summed E-state index contributed by atoms with van der Waals surface area (Å²) in [4.78, 5) is 10.2. The van der Waals surface area contributed by atoms with E-state index in [-0.39, 0.29) is 12.5 Å². The summed E-state index contributed by atoms with van der Waals surface area (Å²) >= 11 is 0. The molecular formula is C18H30O5. The molecule has 0 aromatic heterocycles. The highest BCUT2D eigenvalue weighted by atomic mass is 16.4. The lowest BCUT2D eigenvalue weighted by molar-refractivity contribution is -0.0461. The highest BCUT2D eigenvalue weighted by molar-refractivity contribution is 5.87. The molecule has 0 bridgehead atoms. The number of aliphatic hydroxyl groups excluding tert-OH is 3. The van der Waals surface area contributed by atoms with E-state index in [1.807, 2.05) is 6.92 Å². The number of carbonyl (C=O) groups is 1. The Morgan fingerprint density at radius 3 is 2.09 bits per heavy atom. The van der Waals surface area contributed by atoms with Crippen molar-refractivity contribution in [2.75, 3.05) is 6.61 Å². The fraction of sp³-hybridized carbons (Fsp3) is 0.611. The maximum atomic E-state index is 10.2. The van der Waals surface area contributed by atoms with Gasteiger partial charge < -0.3 is 20.4 Å². The molecule has 0 aliphatic heterocycles. The molecule has 0 radical (unpaired) electrons. The smallest absolute Gasteiger partial charge is 0.335 e. The molecule has 0 spiro atoms. The van der Waals surface area contributed by atoms with Crippen LogP contribution in [-0.2, 0) is 0 Å². The van der Waals surface area contributed by atoms with E-state index in [4.69, 9.17) is 10.2 Å². The van der Waals surface area contributed by atoms with Gasteiger partial charge in [-0.05, 0) is 24.5 Å². The molecule has 132 valence electrons. The third kappa shape index (κ3) is 9.33. The Hall–Kier alpha value is -1.43. The normalized spacial score (nSPS) is 14.3. The third-order valence-corrected chi connectivity index (χ3v) is 3.79. The molecule has 0 saturated heterocycles. The summed E-state index contributed by atoms with van der Waals surface area (Å²) in [6.45, 7) is 3.79. The van der Waals surface area contributed by atoms with E-state index in [2.05, 4.69) is 6.92 Å². The van der Waals surface area contributed by atoms with Gasteiger partial charge in [0, 0.05) is 0 Å². The van der Waals surface area contributed by atoms with Crippen LogP contribution in [0.5, 0.6) is 0 Å². The molecule has 3 atom stereocenters. The Kier molecular flexibility index (Phi) is 12.2. The number of carboxylic acid groups (broad SMARTS) is 1. The number of benzene rings is 1. The van der Waals surface area contributed by atoms with E-state index < -0.39 is 18.2 Å². The predicted molar refractivity (Wildman–Crippen MR) is 90.4 cm³/mol. The summed E-state index contributed by atoms with van der Waals surface area (Å²) in [5, 5.41) is 36.0. The first kappa shape index (κ1) is 21.6. The molecule has 0 saturated carbocycles. The van der Waals surface area contributed by atoms with Gasteiger partial charge in [0.15, 0.2) is 0 Å². The van der Waals surface area contributed by atoms with E-state index in [0.717, 1.165) is 25.7 Å². The number of aromatic carboxylic acids is 1. The van der Waals surface area contributed by atoms with Crippen molar-refractivity contribution in [1.29, 1.82) is 0 Å². The highest BCUT2D eigenvalue weighted by Crippen LogP contribution is 2.19. The van der Waals surface area contributed by atoms with Gasteiger partial charge in [0.25, 0.3) is 0 Å². The molecule has 1 rings (SSSR count). The van der Waals surface area contributed by atoms with Crippen molar-refractivity contribution >= 4 is 5.97 Å². The minimum atomic E-state index is -0.985. The van der Waals surface area contributed by atoms with Crippen molar-refractivity contribution < 1.29 is 25.2 Å². The molecule has 1 aromatic carbocycles. The SMILES string of the molecule is CCCCCC(CC)C(O)C(O)CO.O=C(O)c1ccccc1. The van der Waals surface area contributed by atoms with Crippen molar-refractivity contribution in [3.8, 4) is 0 Å². The van der Waals surface area contributed by atoms with E-state index in [1.54, 1.807) is 30.3 Å². The number of hydrogen-bond donors (Lipinski definition) is 4. The van der Waals surface area contributed by atoms with Gasteiger partial charge in [-0.15, -0.1) is 0 Å². The van der Waals surface area contributed by atoms with Crippen LogP contribution in [0, 0.1) is 5.92 Å². The molecule has 5 nitrogen and oxygen atoms in total. The standard InChI is InChI=1S/C11H24O3.C7H6O2/c1-3-5-6-7-9(4-2)11(14)10(13)8-12;8-7(9)6-4-2-1-3-5-6/h9-14H,3-8H2,1-2H3;1-5H,(H,8,9). The maximum absolute atomic E-state index is 10.2. The lowest BCUT2D eigenvalue weighted by Gasteiger charge is -2.24. The summed E-state index contributed by atoms with van der Waals surface area (Å²) < 4.78 is 0. The molecule has 1 aromatic rings. The second-order valence-electron chi connectivity index (χ2n) is 5.58. The van der Waals surface area contributed by atoms with Gasteiger partial charge in [-0.2, -0.15) is 0 Å². The lowest BCUT2D eigenvalue weighted by atomic mass is 9.90. The zero-order valence-corrected chi connectivity index (χ0v) is 14.1. The molecule has 0 amide bonds. The molecule has 0 aliphatic rings. The fourth-order valence-corrected chi connectivity index (χ4v) is 2.28. The summed E-state index contributed by atoms with van der Waals surface area (Å²) in [5.41, 5.74) is 0.331. The predicted octanol–water partition coefficient (Wildman–Crippen LogP) is 2.69.